The molecule has 0 aliphatic carbocycles. The maximum absolute atomic E-state index is 11.4. The van der Waals surface area contributed by atoms with Crippen molar-refractivity contribution < 1.29 is 24.2 Å². The summed E-state index contributed by atoms with van der Waals surface area (Å²) in [7, 11) is 0. The van der Waals surface area contributed by atoms with E-state index in [0.717, 1.165) is 4.90 Å². The second-order valence-corrected chi connectivity index (χ2v) is 3.68. The molecule has 2 heterocycles. The lowest BCUT2D eigenvalue weighted by molar-refractivity contribution is -0.149. The molecule has 0 bridgehead atoms. The summed E-state index contributed by atoms with van der Waals surface area (Å²) >= 11 is 0. The Kier molecular flexibility index (Phi) is 2.20. The van der Waals surface area contributed by atoms with E-state index in [1.807, 2.05) is 0 Å². The van der Waals surface area contributed by atoms with Crippen molar-refractivity contribution in [3.05, 3.63) is 11.5 Å². The molecule has 2 unspecified atom stereocenters. The van der Waals surface area contributed by atoms with Crippen molar-refractivity contribution >= 4 is 17.8 Å². The van der Waals surface area contributed by atoms with E-state index in [4.69, 9.17) is 15.6 Å². The Bertz CT molecular complexity index is 428. The number of aliphatic carboxylic acids is 1. The van der Waals surface area contributed by atoms with Gasteiger partial charge in [-0.05, 0) is 0 Å². The fourth-order valence-electron chi connectivity index (χ4n) is 1.97. The van der Waals surface area contributed by atoms with Gasteiger partial charge in [-0.25, -0.2) is 4.79 Å². The van der Waals surface area contributed by atoms with Crippen LogP contribution in [0.25, 0.3) is 0 Å². The number of carboxylic acids is 1. The molecule has 0 spiro atoms. The zero-order chi connectivity index (χ0) is 12.0. The summed E-state index contributed by atoms with van der Waals surface area (Å²) < 4.78 is 4.77. The van der Waals surface area contributed by atoms with E-state index in [0.29, 0.717) is 0 Å². The molecule has 7 heteroatoms. The van der Waals surface area contributed by atoms with Crippen molar-refractivity contribution in [2.24, 2.45) is 5.73 Å². The standard InChI is InChI=1S/C9H10N2O5/c1-3(12)16-5-2-4-6(10)8(13)11(4)7(5)9(14)15/h4,6H,2,10H2,1H3,(H,14,15). The van der Waals surface area contributed by atoms with Gasteiger partial charge >= 0.3 is 11.9 Å². The highest BCUT2D eigenvalue weighted by Gasteiger charge is 2.54. The third kappa shape index (κ3) is 1.28. The number of carbonyl (C=O) groups excluding carboxylic acids is 2. The summed E-state index contributed by atoms with van der Waals surface area (Å²) in [6.45, 7) is 1.17. The predicted molar refractivity (Wildman–Crippen MR) is 49.7 cm³/mol. The summed E-state index contributed by atoms with van der Waals surface area (Å²) in [6, 6.07) is -1.10. The molecule has 1 fully saturated rings. The summed E-state index contributed by atoms with van der Waals surface area (Å²) in [5.41, 5.74) is 5.24. The molecule has 7 nitrogen and oxygen atoms in total. The maximum atomic E-state index is 11.4. The molecule has 1 amide bonds. The molecule has 16 heavy (non-hydrogen) atoms. The summed E-state index contributed by atoms with van der Waals surface area (Å²) in [6.07, 6.45) is 0.175. The van der Waals surface area contributed by atoms with E-state index >= 15 is 0 Å². The van der Waals surface area contributed by atoms with Crippen LogP contribution in [0.15, 0.2) is 11.5 Å². The highest BCUT2D eigenvalue weighted by molar-refractivity contribution is 6.01. The van der Waals surface area contributed by atoms with Crippen molar-refractivity contribution in [3.63, 3.8) is 0 Å². The van der Waals surface area contributed by atoms with Gasteiger partial charge in [0, 0.05) is 13.3 Å². The Balaban J connectivity index is 2.32. The zero-order valence-electron chi connectivity index (χ0n) is 8.47. The van der Waals surface area contributed by atoms with Gasteiger partial charge in [-0.15, -0.1) is 0 Å². The highest BCUT2D eigenvalue weighted by atomic mass is 16.5. The van der Waals surface area contributed by atoms with Crippen LogP contribution in [0.5, 0.6) is 0 Å². The topological polar surface area (TPSA) is 110 Å². The second kappa shape index (κ2) is 3.31. The minimum atomic E-state index is -1.29. The average molecular weight is 226 g/mol. The first-order valence-corrected chi connectivity index (χ1v) is 4.67. The highest BCUT2D eigenvalue weighted by Crippen LogP contribution is 2.38. The molecule has 2 aliphatic rings. The number of β-lactam (4-membered cyclic amide) rings is 1. The summed E-state index contributed by atoms with van der Waals surface area (Å²) in [4.78, 5) is 34.2. The number of rotatable bonds is 2. The van der Waals surface area contributed by atoms with Crippen LogP contribution in [0.3, 0.4) is 0 Å². The van der Waals surface area contributed by atoms with Crippen LogP contribution in [0.4, 0.5) is 0 Å². The lowest BCUT2D eigenvalue weighted by atomic mass is 9.96. The smallest absolute Gasteiger partial charge is 0.356 e. The Morgan fingerprint density at radius 2 is 2.19 bits per heavy atom. The first kappa shape index (κ1) is 10.6. The van der Waals surface area contributed by atoms with Gasteiger partial charge in [0.05, 0.1) is 6.04 Å². The molecule has 0 radical (unpaired) electrons. The largest absolute Gasteiger partial charge is 0.476 e. The fraction of sp³-hybridized carbons (Fsp3) is 0.444. The molecule has 2 aliphatic heterocycles. The maximum Gasteiger partial charge on any atom is 0.356 e. The lowest BCUT2D eigenvalue weighted by Gasteiger charge is -2.40. The molecule has 0 aromatic carbocycles. The monoisotopic (exact) mass is 226 g/mol. The number of nitrogens with zero attached hydrogens (tertiary/aromatic N) is 1. The van der Waals surface area contributed by atoms with Gasteiger partial charge < -0.3 is 15.6 Å². The molecule has 2 atom stereocenters. The Labute approximate surface area is 90.4 Å². The van der Waals surface area contributed by atoms with E-state index in [9.17, 15) is 14.4 Å². The van der Waals surface area contributed by atoms with Gasteiger partial charge in [0.2, 0.25) is 5.91 Å². The van der Waals surface area contributed by atoms with Gasteiger partial charge in [0.25, 0.3) is 0 Å². The molecular formula is C9H10N2O5. The number of nitrogens with two attached hydrogens (primary N) is 1. The van der Waals surface area contributed by atoms with E-state index < -0.39 is 29.9 Å². The van der Waals surface area contributed by atoms with Crippen LogP contribution < -0.4 is 5.73 Å². The predicted octanol–water partition coefficient (Wildman–Crippen LogP) is -1.21. The molecule has 0 aromatic rings. The van der Waals surface area contributed by atoms with Crippen LogP contribution in [-0.2, 0) is 19.1 Å². The summed E-state index contributed by atoms with van der Waals surface area (Å²) in [5, 5.41) is 8.94. The molecular weight excluding hydrogens is 216 g/mol. The SMILES string of the molecule is CC(=O)OC1=C(C(=O)O)N2C(=O)C(N)C2C1. The van der Waals surface area contributed by atoms with Gasteiger partial charge in [-0.3, -0.25) is 14.5 Å². The van der Waals surface area contributed by atoms with Crippen molar-refractivity contribution in [2.75, 3.05) is 0 Å². The first-order valence-electron chi connectivity index (χ1n) is 4.67. The number of hydrogen-bond acceptors (Lipinski definition) is 5. The van der Waals surface area contributed by atoms with Crippen LogP contribution >= 0.6 is 0 Å². The number of fused-ring (bicyclic) bond motifs is 1. The second-order valence-electron chi connectivity index (χ2n) is 3.68. The third-order valence-electron chi connectivity index (χ3n) is 2.64. The molecule has 2 rings (SSSR count). The third-order valence-corrected chi connectivity index (χ3v) is 2.64. The normalized spacial score (nSPS) is 27.6. The number of carboxylic acid groups (broad SMARTS) is 1. The minimum absolute atomic E-state index is 0.00583. The average Bonchev–Trinajstić information content (AvgIpc) is 2.52. The first-order chi connectivity index (χ1) is 7.43. The van der Waals surface area contributed by atoms with E-state index in [-0.39, 0.29) is 17.9 Å². The van der Waals surface area contributed by atoms with E-state index in [1.54, 1.807) is 0 Å². The van der Waals surface area contributed by atoms with Crippen LogP contribution in [0.2, 0.25) is 0 Å². The van der Waals surface area contributed by atoms with Crippen molar-refractivity contribution in [1.82, 2.24) is 4.90 Å². The van der Waals surface area contributed by atoms with Crippen LogP contribution in [0.1, 0.15) is 13.3 Å². The number of amides is 1. The molecule has 1 saturated heterocycles. The molecule has 0 saturated carbocycles. The zero-order valence-corrected chi connectivity index (χ0v) is 8.47. The minimum Gasteiger partial charge on any atom is -0.476 e. The number of hydrogen-bond donors (Lipinski definition) is 2. The van der Waals surface area contributed by atoms with Crippen LogP contribution in [-0.4, -0.2) is 39.9 Å². The van der Waals surface area contributed by atoms with Crippen molar-refractivity contribution in [1.29, 1.82) is 0 Å². The fourth-order valence-corrected chi connectivity index (χ4v) is 1.97. The van der Waals surface area contributed by atoms with Crippen molar-refractivity contribution in [2.45, 2.75) is 25.4 Å². The Morgan fingerprint density at radius 1 is 1.56 bits per heavy atom. The Morgan fingerprint density at radius 3 is 2.69 bits per heavy atom. The van der Waals surface area contributed by atoms with Gasteiger partial charge in [0.1, 0.15) is 11.8 Å². The van der Waals surface area contributed by atoms with E-state index in [1.165, 1.54) is 6.92 Å². The van der Waals surface area contributed by atoms with Crippen molar-refractivity contribution in [3.8, 4) is 0 Å². The summed E-state index contributed by atoms with van der Waals surface area (Å²) in [5.74, 6) is -2.35. The molecule has 3 N–H and O–H groups in total. The van der Waals surface area contributed by atoms with E-state index in [2.05, 4.69) is 0 Å². The molecule has 86 valence electrons. The quantitative estimate of drug-likeness (QED) is 0.451. The number of esters is 1. The lowest BCUT2D eigenvalue weighted by Crippen LogP contribution is -2.66. The molecule has 0 aromatic heterocycles. The van der Waals surface area contributed by atoms with Gasteiger partial charge in [-0.1, -0.05) is 0 Å². The van der Waals surface area contributed by atoms with Crippen LogP contribution in [0, 0.1) is 0 Å². The van der Waals surface area contributed by atoms with Gasteiger partial charge in [-0.2, -0.15) is 0 Å². The number of carbonyl (C=O) groups is 3. The van der Waals surface area contributed by atoms with Gasteiger partial charge in [0.15, 0.2) is 5.70 Å². The number of ether oxygens (including phenoxy) is 1. The Hall–Kier alpha value is -1.89.